The molecule has 1 amide bonds. The molecule has 1 aliphatic carbocycles. The summed E-state index contributed by atoms with van der Waals surface area (Å²) in [6.45, 7) is 0. The molecule has 2 aliphatic rings. The molecule has 1 atom stereocenters. The lowest BCUT2D eigenvalue weighted by molar-refractivity contribution is -0.137. The third kappa shape index (κ3) is 1.88. The van der Waals surface area contributed by atoms with Crippen LogP contribution in [0, 0.1) is 0 Å². The molecule has 1 aliphatic heterocycles. The average Bonchev–Trinajstić information content (AvgIpc) is 3.03. The highest BCUT2D eigenvalue weighted by atomic mass is 32.1. The summed E-state index contributed by atoms with van der Waals surface area (Å²) < 4.78 is 0. The van der Waals surface area contributed by atoms with Crippen LogP contribution in [0.1, 0.15) is 36.7 Å². The van der Waals surface area contributed by atoms with Gasteiger partial charge in [0.1, 0.15) is 6.17 Å². The summed E-state index contributed by atoms with van der Waals surface area (Å²) in [6, 6.07) is 4.25. The molecule has 0 aromatic carbocycles. The van der Waals surface area contributed by atoms with Crippen molar-refractivity contribution in [1.29, 1.82) is 0 Å². The number of carbonyl (C=O) groups is 1. The third-order valence-electron chi connectivity index (χ3n) is 3.64. The van der Waals surface area contributed by atoms with Gasteiger partial charge in [-0.1, -0.05) is 18.9 Å². The zero-order valence-corrected chi connectivity index (χ0v) is 10.8. The van der Waals surface area contributed by atoms with Gasteiger partial charge in [0.25, 0.3) is 5.91 Å². The maximum Gasteiger partial charge on any atom is 0.292 e. The Morgan fingerprint density at radius 3 is 2.83 bits per heavy atom. The lowest BCUT2D eigenvalue weighted by Crippen LogP contribution is -2.49. The molecule has 0 radical (unpaired) electrons. The van der Waals surface area contributed by atoms with Gasteiger partial charge < -0.3 is 15.3 Å². The van der Waals surface area contributed by atoms with Crippen LogP contribution < -0.4 is 5.32 Å². The van der Waals surface area contributed by atoms with Gasteiger partial charge in [-0.3, -0.25) is 4.79 Å². The van der Waals surface area contributed by atoms with Gasteiger partial charge in [0.05, 0.1) is 0 Å². The van der Waals surface area contributed by atoms with Crippen LogP contribution >= 0.6 is 11.3 Å². The molecule has 2 N–H and O–H groups in total. The normalized spacial score (nSPS) is 25.1. The van der Waals surface area contributed by atoms with Crippen LogP contribution in [-0.2, 0) is 4.79 Å². The van der Waals surface area contributed by atoms with Crippen LogP contribution in [0.4, 0.5) is 0 Å². The zero-order chi connectivity index (χ0) is 12.5. The van der Waals surface area contributed by atoms with Crippen molar-refractivity contribution in [2.45, 2.75) is 37.9 Å². The van der Waals surface area contributed by atoms with Crippen LogP contribution in [0.25, 0.3) is 0 Å². The number of hydrogen-bond acceptors (Lipinski definition) is 4. The summed E-state index contributed by atoms with van der Waals surface area (Å²) in [4.78, 5) is 15.1. The summed E-state index contributed by atoms with van der Waals surface area (Å²) in [5, 5.41) is 14.8. The van der Waals surface area contributed by atoms with E-state index in [4.69, 9.17) is 0 Å². The van der Waals surface area contributed by atoms with Crippen molar-refractivity contribution in [2.24, 2.45) is 0 Å². The lowest BCUT2D eigenvalue weighted by Gasteiger charge is -2.38. The summed E-state index contributed by atoms with van der Waals surface area (Å²) in [5.74, 6) is -0.436. The van der Waals surface area contributed by atoms with Gasteiger partial charge in [-0.05, 0) is 24.3 Å². The van der Waals surface area contributed by atoms with Gasteiger partial charge >= 0.3 is 0 Å². The number of nitrogens with one attached hydrogen (secondary N) is 1. The minimum atomic E-state index is -0.251. The summed E-state index contributed by atoms with van der Waals surface area (Å²) in [5.41, 5.74) is 0. The van der Waals surface area contributed by atoms with Crippen LogP contribution in [-0.4, -0.2) is 22.0 Å². The Balaban J connectivity index is 1.93. The van der Waals surface area contributed by atoms with E-state index in [9.17, 15) is 9.90 Å². The average molecular weight is 264 g/mol. The standard InChI is InChI=1S/C13H16N2O2S/c16-10-8-14-12(11-6-3-7-18-11)15(13(10)17)9-4-1-2-5-9/h3,6-9,12,14,16H,1-2,4-5H2. The molecule has 18 heavy (non-hydrogen) atoms. The van der Waals surface area contributed by atoms with E-state index in [1.807, 2.05) is 22.4 Å². The van der Waals surface area contributed by atoms with E-state index in [0.717, 1.165) is 30.6 Å². The number of aliphatic hydroxyl groups excluding tert-OH is 1. The second kappa shape index (κ2) is 4.65. The maximum absolute atomic E-state index is 12.2. The van der Waals surface area contributed by atoms with Crippen molar-refractivity contribution in [3.8, 4) is 0 Å². The molecule has 0 bridgehead atoms. The summed E-state index contributed by atoms with van der Waals surface area (Å²) in [7, 11) is 0. The molecule has 0 saturated heterocycles. The summed E-state index contributed by atoms with van der Waals surface area (Å²) in [6.07, 6.45) is 5.67. The zero-order valence-electron chi connectivity index (χ0n) is 10.0. The van der Waals surface area contributed by atoms with E-state index in [1.54, 1.807) is 11.3 Å². The number of rotatable bonds is 2. The second-order valence-electron chi connectivity index (χ2n) is 4.76. The number of carbonyl (C=O) groups excluding carboxylic acids is 1. The molecule has 1 aromatic rings. The minimum absolute atomic E-state index is 0.128. The molecule has 4 nitrogen and oxygen atoms in total. The van der Waals surface area contributed by atoms with Crippen LogP contribution in [0.3, 0.4) is 0 Å². The molecule has 5 heteroatoms. The fourth-order valence-electron chi connectivity index (χ4n) is 2.77. The smallest absolute Gasteiger partial charge is 0.292 e. The largest absolute Gasteiger partial charge is 0.502 e. The Morgan fingerprint density at radius 1 is 1.39 bits per heavy atom. The molecule has 1 fully saturated rings. The monoisotopic (exact) mass is 264 g/mol. The molecule has 1 unspecified atom stereocenters. The fourth-order valence-corrected chi connectivity index (χ4v) is 3.56. The second-order valence-corrected chi connectivity index (χ2v) is 5.74. The molecular weight excluding hydrogens is 248 g/mol. The molecule has 3 rings (SSSR count). The Labute approximate surface area is 110 Å². The quantitative estimate of drug-likeness (QED) is 0.863. The van der Waals surface area contributed by atoms with Crippen molar-refractivity contribution < 1.29 is 9.90 Å². The molecule has 2 heterocycles. The van der Waals surface area contributed by atoms with Crippen LogP contribution in [0.15, 0.2) is 29.5 Å². The van der Waals surface area contributed by atoms with E-state index >= 15 is 0 Å². The predicted molar refractivity (Wildman–Crippen MR) is 70.0 cm³/mol. The third-order valence-corrected chi connectivity index (χ3v) is 4.57. The fraction of sp³-hybridized carbons (Fsp3) is 0.462. The first-order valence-corrected chi connectivity index (χ1v) is 7.16. The molecule has 1 aromatic heterocycles. The van der Waals surface area contributed by atoms with Gasteiger partial charge in [-0.15, -0.1) is 11.3 Å². The lowest BCUT2D eigenvalue weighted by atomic mass is 10.1. The predicted octanol–water partition coefficient (Wildman–Crippen LogP) is 2.52. The van der Waals surface area contributed by atoms with E-state index in [-0.39, 0.29) is 23.9 Å². The Hall–Kier alpha value is -1.49. The minimum Gasteiger partial charge on any atom is -0.502 e. The molecule has 96 valence electrons. The first-order valence-electron chi connectivity index (χ1n) is 6.28. The Kier molecular flexibility index (Phi) is 2.99. The molecule has 1 saturated carbocycles. The Bertz CT molecular complexity index is 463. The van der Waals surface area contributed by atoms with E-state index in [2.05, 4.69) is 5.32 Å². The first kappa shape index (κ1) is 11.6. The highest BCUT2D eigenvalue weighted by Gasteiger charge is 2.37. The summed E-state index contributed by atoms with van der Waals surface area (Å²) >= 11 is 1.63. The van der Waals surface area contributed by atoms with E-state index in [1.165, 1.54) is 6.20 Å². The first-order chi connectivity index (χ1) is 8.77. The van der Waals surface area contributed by atoms with Crippen LogP contribution in [0.2, 0.25) is 0 Å². The van der Waals surface area contributed by atoms with Gasteiger partial charge in [0, 0.05) is 17.1 Å². The van der Waals surface area contributed by atoms with Crippen molar-refractivity contribution >= 4 is 17.2 Å². The Morgan fingerprint density at radius 2 is 2.17 bits per heavy atom. The van der Waals surface area contributed by atoms with Crippen molar-refractivity contribution in [3.05, 3.63) is 34.3 Å². The van der Waals surface area contributed by atoms with Crippen molar-refractivity contribution in [2.75, 3.05) is 0 Å². The highest BCUT2D eigenvalue weighted by Crippen LogP contribution is 2.34. The molecule has 0 spiro atoms. The SMILES string of the molecule is O=C1C(O)=CNC(c2cccs2)N1C1CCCC1. The highest BCUT2D eigenvalue weighted by molar-refractivity contribution is 7.10. The number of aliphatic hydroxyl groups is 1. The topological polar surface area (TPSA) is 52.6 Å². The maximum atomic E-state index is 12.2. The van der Waals surface area contributed by atoms with Gasteiger partial charge in [0.15, 0.2) is 5.76 Å². The van der Waals surface area contributed by atoms with Crippen molar-refractivity contribution in [1.82, 2.24) is 10.2 Å². The van der Waals surface area contributed by atoms with Crippen molar-refractivity contribution in [3.63, 3.8) is 0 Å². The van der Waals surface area contributed by atoms with E-state index < -0.39 is 0 Å². The number of nitrogens with zero attached hydrogens (tertiary/aromatic N) is 1. The number of hydrogen-bond donors (Lipinski definition) is 2. The number of thiophene rings is 1. The van der Waals surface area contributed by atoms with Gasteiger partial charge in [-0.2, -0.15) is 0 Å². The van der Waals surface area contributed by atoms with Gasteiger partial charge in [-0.25, -0.2) is 0 Å². The van der Waals surface area contributed by atoms with Crippen LogP contribution in [0.5, 0.6) is 0 Å². The van der Waals surface area contributed by atoms with Gasteiger partial charge in [0.2, 0.25) is 0 Å². The number of amides is 1. The van der Waals surface area contributed by atoms with E-state index in [0.29, 0.717) is 0 Å². The molecular formula is C13H16N2O2S.